The normalized spacial score (nSPS) is 12.9. The summed E-state index contributed by atoms with van der Waals surface area (Å²) >= 11 is 0. The van der Waals surface area contributed by atoms with Crippen molar-refractivity contribution in [1.29, 1.82) is 0 Å². The monoisotopic (exact) mass is 622 g/mol. The molecule has 0 fully saturated rings. The zero-order valence-electron chi connectivity index (χ0n) is 17.8. The third-order valence-electron chi connectivity index (χ3n) is 5.27. The molecule has 4 heterocycles. The molecule has 0 radical (unpaired) electrons. The van der Waals surface area contributed by atoms with Gasteiger partial charge in [0, 0.05) is 39.0 Å². The maximum absolute atomic E-state index is 6.07. The average molecular weight is 623 g/mol. The largest absolute Gasteiger partial charge is 0.421 e. The molecule has 168 valence electrons. The van der Waals surface area contributed by atoms with E-state index >= 15 is 0 Å². The van der Waals surface area contributed by atoms with E-state index in [0.29, 0.717) is 17.6 Å². The van der Waals surface area contributed by atoms with Crippen molar-refractivity contribution >= 4 is 27.6 Å². The van der Waals surface area contributed by atoms with Crippen molar-refractivity contribution < 1.29 is 30.4 Å². The smallest absolute Gasteiger partial charge is 0.223 e. The Morgan fingerprint density at radius 2 is 1.79 bits per heavy atom. The molecule has 0 amide bonds. The number of nitrogens with zero attached hydrogens (tertiary/aromatic N) is 5. The van der Waals surface area contributed by atoms with Crippen LogP contribution in [0.3, 0.4) is 0 Å². The zero-order chi connectivity index (χ0) is 22.0. The van der Waals surface area contributed by atoms with Gasteiger partial charge >= 0.3 is 0 Å². The summed E-state index contributed by atoms with van der Waals surface area (Å²) in [5.41, 5.74) is 2.04. The predicted octanol–water partition coefficient (Wildman–Crippen LogP) is 5.12. The molecular weight excluding hydrogens is 605 g/mol. The van der Waals surface area contributed by atoms with Gasteiger partial charge in [-0.25, -0.2) is 5.32 Å². The Labute approximate surface area is 210 Å². The zero-order valence-corrected chi connectivity index (χ0v) is 20.0. The number of para-hydroxylation sites is 2. The van der Waals surface area contributed by atoms with Gasteiger partial charge in [-0.2, -0.15) is 29.2 Å². The molecule has 2 aromatic carbocycles. The Balaban J connectivity index is 0.00000241. The van der Waals surface area contributed by atoms with Crippen molar-refractivity contribution in [3.05, 3.63) is 127 Å². The number of rotatable bonds is 4. The van der Waals surface area contributed by atoms with Gasteiger partial charge in [-0.15, -0.1) is 11.5 Å². The molecule has 0 aliphatic carbocycles. The number of hydrogen-bond donors (Lipinski definition) is 0. The van der Waals surface area contributed by atoms with Gasteiger partial charge < -0.3 is 18.9 Å². The van der Waals surface area contributed by atoms with Crippen molar-refractivity contribution in [2.45, 2.75) is 0 Å². The minimum absolute atomic E-state index is 0. The Bertz CT molecular complexity index is 1520. The van der Waals surface area contributed by atoms with Gasteiger partial charge in [0.05, 0.1) is 5.82 Å². The Morgan fingerprint density at radius 3 is 2.71 bits per heavy atom. The van der Waals surface area contributed by atoms with Crippen LogP contribution in [0.15, 0.2) is 109 Å². The molecule has 6 nitrogen and oxygen atoms in total. The summed E-state index contributed by atoms with van der Waals surface area (Å²) in [6.07, 6.45) is 13.8. The molecule has 5 aromatic rings. The fraction of sp³-hybridized carbons (Fsp3) is 0. The van der Waals surface area contributed by atoms with Crippen molar-refractivity contribution in [3.8, 4) is 11.7 Å². The van der Waals surface area contributed by atoms with E-state index in [-0.39, 0.29) is 21.1 Å². The molecule has 0 saturated heterocycles. The second kappa shape index (κ2) is 9.46. The summed E-state index contributed by atoms with van der Waals surface area (Å²) in [5, 5.41) is 6.90. The van der Waals surface area contributed by atoms with E-state index in [0.717, 1.165) is 27.6 Å². The third kappa shape index (κ3) is 4.04. The molecule has 0 unspecified atom stereocenters. The number of allylic oxidation sites excluding steroid dienone is 4. The standard InChI is InChI=1S/C27H17N5O.Pt/c1-3-11-22-20(9-1)21-10-2-4-12-23(21)32(22)25-14-7-16-27(30-25)33-26-15-6-5-13-24(29-26)31-18-8-17-28-19-31;/h1-11,13-18H;/q-2;. The number of hydrogen-bond acceptors (Lipinski definition) is 3. The van der Waals surface area contributed by atoms with Gasteiger partial charge in [0.1, 0.15) is 5.82 Å². The summed E-state index contributed by atoms with van der Waals surface area (Å²) in [7, 11) is 0. The number of benzene rings is 2. The minimum atomic E-state index is 0. The van der Waals surface area contributed by atoms with Crippen LogP contribution in [0.25, 0.3) is 38.8 Å². The first kappa shape index (κ1) is 21.8. The second-order valence-corrected chi connectivity index (χ2v) is 7.34. The number of aromatic nitrogens is 4. The molecule has 0 saturated carbocycles. The van der Waals surface area contributed by atoms with Crippen LogP contribution in [0.5, 0.6) is 5.88 Å². The van der Waals surface area contributed by atoms with Crippen LogP contribution in [0.4, 0.5) is 0 Å². The average Bonchev–Trinajstić information content (AvgIpc) is 3.02. The SMILES string of the molecule is [Pt].[c-]1cccc2c3ccccc3n(-c3cccc(OC4=CC=CC=C([n+]5[c-]nccc5)[N-]4)n3)c12. The number of ether oxygens (including phenoxy) is 1. The van der Waals surface area contributed by atoms with Crippen LogP contribution >= 0.6 is 0 Å². The topological polar surface area (TPSA) is 57.9 Å². The molecular formula is C27H17N5OPt-2. The maximum atomic E-state index is 6.07. The van der Waals surface area contributed by atoms with Gasteiger partial charge in [-0.1, -0.05) is 60.4 Å². The molecule has 1 aliphatic heterocycles. The molecule has 3 aromatic heterocycles. The maximum Gasteiger partial charge on any atom is 0.223 e. The molecule has 1 aliphatic rings. The van der Waals surface area contributed by atoms with Crippen molar-refractivity contribution in [2.75, 3.05) is 0 Å². The molecule has 0 atom stereocenters. The summed E-state index contributed by atoms with van der Waals surface area (Å²) < 4.78 is 9.87. The van der Waals surface area contributed by atoms with Crippen LogP contribution < -0.4 is 9.30 Å². The molecule has 6 rings (SSSR count). The van der Waals surface area contributed by atoms with Gasteiger partial charge in [0.15, 0.2) is 0 Å². The first-order valence-electron chi connectivity index (χ1n) is 10.5. The molecule has 34 heavy (non-hydrogen) atoms. The number of fused-ring (bicyclic) bond motifs is 3. The quantitative estimate of drug-likeness (QED) is 0.207. The minimum Gasteiger partial charge on any atom is -0.421 e. The van der Waals surface area contributed by atoms with Gasteiger partial charge in [-0.05, 0) is 23.6 Å². The molecule has 7 heteroatoms. The van der Waals surface area contributed by atoms with Gasteiger partial charge in [0.2, 0.25) is 11.8 Å². The fourth-order valence-corrected chi connectivity index (χ4v) is 3.86. The summed E-state index contributed by atoms with van der Waals surface area (Å²) in [6, 6.07) is 25.2. The fourth-order valence-electron chi connectivity index (χ4n) is 3.86. The molecule has 0 spiro atoms. The number of pyridine rings is 1. The van der Waals surface area contributed by atoms with Crippen LogP contribution in [0, 0.1) is 12.4 Å². The van der Waals surface area contributed by atoms with E-state index in [9.17, 15) is 0 Å². The summed E-state index contributed by atoms with van der Waals surface area (Å²) in [6.45, 7) is 0. The predicted molar refractivity (Wildman–Crippen MR) is 126 cm³/mol. The summed E-state index contributed by atoms with van der Waals surface area (Å²) in [4.78, 5) is 8.81. The Morgan fingerprint density at radius 1 is 0.912 bits per heavy atom. The first-order chi connectivity index (χ1) is 16.4. The van der Waals surface area contributed by atoms with E-state index in [1.54, 1.807) is 16.8 Å². The van der Waals surface area contributed by atoms with Crippen LogP contribution in [0.1, 0.15) is 0 Å². The van der Waals surface area contributed by atoms with E-state index in [1.165, 1.54) is 0 Å². The third-order valence-corrected chi connectivity index (χ3v) is 5.27. The van der Waals surface area contributed by atoms with E-state index < -0.39 is 0 Å². The first-order valence-corrected chi connectivity index (χ1v) is 10.5. The van der Waals surface area contributed by atoms with Gasteiger partial charge in [-0.3, -0.25) is 0 Å². The van der Waals surface area contributed by atoms with Crippen molar-refractivity contribution in [3.63, 3.8) is 0 Å². The van der Waals surface area contributed by atoms with Crippen LogP contribution in [-0.4, -0.2) is 14.5 Å². The van der Waals surface area contributed by atoms with E-state index in [1.807, 2.05) is 73.0 Å². The van der Waals surface area contributed by atoms with E-state index in [2.05, 4.69) is 45.5 Å². The van der Waals surface area contributed by atoms with Crippen LogP contribution in [-0.2, 0) is 21.1 Å². The van der Waals surface area contributed by atoms with Crippen molar-refractivity contribution in [1.82, 2.24) is 14.5 Å². The molecule has 0 bridgehead atoms. The Kier molecular flexibility index (Phi) is 6.06. The van der Waals surface area contributed by atoms with Gasteiger partial charge in [0.25, 0.3) is 0 Å². The Hall–Kier alpha value is -4.02. The summed E-state index contributed by atoms with van der Waals surface area (Å²) in [5.74, 6) is 2.24. The molecule has 0 N–H and O–H groups in total. The van der Waals surface area contributed by atoms with Crippen LogP contribution in [0.2, 0.25) is 0 Å². The second-order valence-electron chi connectivity index (χ2n) is 7.34. The van der Waals surface area contributed by atoms with Crippen molar-refractivity contribution in [2.24, 2.45) is 0 Å². The van der Waals surface area contributed by atoms with E-state index in [4.69, 9.17) is 9.72 Å².